The van der Waals surface area contributed by atoms with Gasteiger partial charge in [0.2, 0.25) is 5.95 Å². The van der Waals surface area contributed by atoms with Crippen molar-refractivity contribution in [3.05, 3.63) is 53.9 Å². The molecule has 1 saturated heterocycles. The van der Waals surface area contributed by atoms with E-state index < -0.39 is 12.3 Å². The number of aromatic amines is 1. The molecule has 1 aliphatic heterocycles. The molecule has 8 heteroatoms. The first-order chi connectivity index (χ1) is 14.1. The summed E-state index contributed by atoms with van der Waals surface area (Å²) in [5.41, 5.74) is 2.80. The highest BCUT2D eigenvalue weighted by Crippen LogP contribution is 2.22. The summed E-state index contributed by atoms with van der Waals surface area (Å²) in [5, 5.41) is 4.03. The molecule has 7 nitrogen and oxygen atoms in total. The molecule has 3 heterocycles. The standard InChI is InChI=1S/C21H24FN5O2/c1-14-2-4-15(5-3-14)13-29-21(28)27-9-7-16(18(22)12-27)10-24-20-25-11-17-6-8-23-19(17)26-20/h2-6,8,11,16,18H,7,9-10,12-13H2,1H3,(H2,23,24,25,26)/t16-,18-/m1/s1. The molecule has 1 aromatic carbocycles. The summed E-state index contributed by atoms with van der Waals surface area (Å²) in [6.07, 6.45) is 2.48. The van der Waals surface area contributed by atoms with Crippen LogP contribution in [0.5, 0.6) is 0 Å². The van der Waals surface area contributed by atoms with Crippen LogP contribution in [0.15, 0.2) is 42.7 Å². The van der Waals surface area contributed by atoms with Crippen molar-refractivity contribution in [2.24, 2.45) is 5.92 Å². The molecule has 4 rings (SSSR count). The highest BCUT2D eigenvalue weighted by Gasteiger charge is 2.32. The second kappa shape index (κ2) is 8.46. The molecule has 0 aliphatic carbocycles. The Kier molecular flexibility index (Phi) is 5.59. The lowest BCUT2D eigenvalue weighted by molar-refractivity contribution is 0.0544. The zero-order valence-corrected chi connectivity index (χ0v) is 16.3. The van der Waals surface area contributed by atoms with Gasteiger partial charge in [0, 0.05) is 36.8 Å². The van der Waals surface area contributed by atoms with Crippen LogP contribution in [0.3, 0.4) is 0 Å². The van der Waals surface area contributed by atoms with Gasteiger partial charge in [0.15, 0.2) is 0 Å². The van der Waals surface area contributed by atoms with E-state index in [9.17, 15) is 9.18 Å². The number of ether oxygens (including phenoxy) is 1. The van der Waals surface area contributed by atoms with Crippen LogP contribution in [0.1, 0.15) is 17.5 Å². The molecule has 1 amide bonds. The SMILES string of the molecule is Cc1ccc(COC(=O)N2CC[C@H](CNc3ncc4cc[nH]c4n3)[C@H](F)C2)cc1. The second-order valence-electron chi connectivity index (χ2n) is 7.41. The molecule has 2 aromatic heterocycles. The minimum atomic E-state index is -1.13. The van der Waals surface area contributed by atoms with Crippen molar-refractivity contribution in [2.45, 2.75) is 26.1 Å². The number of benzene rings is 1. The Balaban J connectivity index is 1.25. The molecule has 1 aliphatic rings. The first-order valence-electron chi connectivity index (χ1n) is 9.74. The molecule has 29 heavy (non-hydrogen) atoms. The molecule has 0 spiro atoms. The number of piperidine rings is 1. The third kappa shape index (κ3) is 4.64. The van der Waals surface area contributed by atoms with Gasteiger partial charge in [0.05, 0.1) is 6.54 Å². The number of alkyl halides is 1. The van der Waals surface area contributed by atoms with E-state index in [2.05, 4.69) is 20.3 Å². The normalized spacial score (nSPS) is 19.3. The minimum absolute atomic E-state index is 0.0373. The Hall–Kier alpha value is -3.16. The largest absolute Gasteiger partial charge is 0.445 e. The van der Waals surface area contributed by atoms with Crippen molar-refractivity contribution in [2.75, 3.05) is 25.0 Å². The molecule has 152 valence electrons. The quantitative estimate of drug-likeness (QED) is 0.686. The van der Waals surface area contributed by atoms with E-state index >= 15 is 0 Å². The van der Waals surface area contributed by atoms with Crippen LogP contribution < -0.4 is 5.32 Å². The molecule has 3 aromatic rings. The van der Waals surface area contributed by atoms with E-state index in [4.69, 9.17) is 4.74 Å². The van der Waals surface area contributed by atoms with Crippen molar-refractivity contribution in [3.63, 3.8) is 0 Å². The summed E-state index contributed by atoms with van der Waals surface area (Å²) < 4.78 is 20.0. The van der Waals surface area contributed by atoms with Gasteiger partial charge in [-0.05, 0) is 25.0 Å². The molecule has 0 bridgehead atoms. The van der Waals surface area contributed by atoms with E-state index in [1.54, 1.807) is 12.4 Å². The van der Waals surface area contributed by atoms with Crippen LogP contribution in [0.2, 0.25) is 0 Å². The van der Waals surface area contributed by atoms with Gasteiger partial charge >= 0.3 is 6.09 Å². The van der Waals surface area contributed by atoms with E-state index in [1.807, 2.05) is 37.3 Å². The number of nitrogens with one attached hydrogen (secondary N) is 2. The number of likely N-dealkylation sites (tertiary alicyclic amines) is 1. The van der Waals surface area contributed by atoms with E-state index in [0.29, 0.717) is 25.5 Å². The first-order valence-corrected chi connectivity index (χ1v) is 9.74. The lowest BCUT2D eigenvalue weighted by atomic mass is 9.95. The molecule has 0 unspecified atom stereocenters. The molecule has 0 radical (unpaired) electrons. The van der Waals surface area contributed by atoms with Crippen molar-refractivity contribution in [3.8, 4) is 0 Å². The number of anilines is 1. The number of hydrogen-bond donors (Lipinski definition) is 2. The van der Waals surface area contributed by atoms with Gasteiger partial charge in [-0.1, -0.05) is 29.8 Å². The Morgan fingerprint density at radius 3 is 2.97 bits per heavy atom. The topological polar surface area (TPSA) is 83.1 Å². The predicted octanol–water partition coefficient (Wildman–Crippen LogP) is 3.68. The smallest absolute Gasteiger partial charge is 0.410 e. The fourth-order valence-corrected chi connectivity index (χ4v) is 3.42. The van der Waals surface area contributed by atoms with Gasteiger partial charge < -0.3 is 19.9 Å². The molecule has 1 fully saturated rings. The number of hydrogen-bond acceptors (Lipinski definition) is 5. The number of halogens is 1. The summed E-state index contributed by atoms with van der Waals surface area (Å²) in [7, 11) is 0. The number of rotatable bonds is 5. The van der Waals surface area contributed by atoms with Crippen LogP contribution in [0, 0.1) is 12.8 Å². The van der Waals surface area contributed by atoms with Crippen molar-refractivity contribution in [1.29, 1.82) is 0 Å². The average Bonchev–Trinajstić information content (AvgIpc) is 3.20. The summed E-state index contributed by atoms with van der Waals surface area (Å²) >= 11 is 0. The first kappa shape index (κ1) is 19.2. The Bertz CT molecular complexity index is 975. The number of amides is 1. The van der Waals surface area contributed by atoms with Gasteiger partial charge in [-0.25, -0.2) is 14.2 Å². The van der Waals surface area contributed by atoms with Gasteiger partial charge in [-0.15, -0.1) is 0 Å². The number of carbonyl (C=O) groups excluding carboxylic acids is 1. The zero-order chi connectivity index (χ0) is 20.2. The number of fused-ring (bicyclic) bond motifs is 1. The Labute approximate surface area is 168 Å². The third-order valence-corrected chi connectivity index (χ3v) is 5.24. The number of carbonyl (C=O) groups is 1. The molecule has 2 atom stereocenters. The lowest BCUT2D eigenvalue weighted by Gasteiger charge is -2.34. The fraction of sp³-hybridized carbons (Fsp3) is 0.381. The molecular weight excluding hydrogens is 373 g/mol. The highest BCUT2D eigenvalue weighted by molar-refractivity contribution is 5.75. The van der Waals surface area contributed by atoms with Gasteiger partial charge in [-0.2, -0.15) is 4.98 Å². The summed E-state index contributed by atoms with van der Waals surface area (Å²) in [6, 6.07) is 9.67. The van der Waals surface area contributed by atoms with E-state index in [1.165, 1.54) is 4.90 Å². The number of H-pyrrole nitrogens is 1. The van der Waals surface area contributed by atoms with E-state index in [-0.39, 0.29) is 19.1 Å². The number of aryl methyl sites for hydroxylation is 1. The fourth-order valence-electron chi connectivity index (χ4n) is 3.42. The van der Waals surface area contributed by atoms with E-state index in [0.717, 1.165) is 22.2 Å². The van der Waals surface area contributed by atoms with Crippen molar-refractivity contribution < 1.29 is 13.9 Å². The Morgan fingerprint density at radius 2 is 2.17 bits per heavy atom. The van der Waals surface area contributed by atoms with Crippen LogP contribution in [-0.2, 0) is 11.3 Å². The third-order valence-electron chi connectivity index (χ3n) is 5.24. The maximum atomic E-state index is 14.6. The van der Waals surface area contributed by atoms with Crippen molar-refractivity contribution >= 4 is 23.1 Å². The summed E-state index contributed by atoms with van der Waals surface area (Å²) in [6.45, 7) is 3.11. The van der Waals surface area contributed by atoms with Gasteiger partial charge in [-0.3, -0.25) is 0 Å². The summed E-state index contributed by atoms with van der Waals surface area (Å²) in [5.74, 6) is 0.256. The second-order valence-corrected chi connectivity index (χ2v) is 7.41. The monoisotopic (exact) mass is 397 g/mol. The van der Waals surface area contributed by atoms with Crippen LogP contribution in [-0.4, -0.2) is 51.8 Å². The lowest BCUT2D eigenvalue weighted by Crippen LogP contribution is -2.46. The zero-order valence-electron chi connectivity index (χ0n) is 16.3. The van der Waals surface area contributed by atoms with Crippen LogP contribution in [0.4, 0.5) is 15.1 Å². The molecule has 2 N–H and O–H groups in total. The minimum Gasteiger partial charge on any atom is -0.445 e. The average molecular weight is 397 g/mol. The predicted molar refractivity (Wildman–Crippen MR) is 108 cm³/mol. The van der Waals surface area contributed by atoms with Crippen LogP contribution >= 0.6 is 0 Å². The maximum Gasteiger partial charge on any atom is 0.410 e. The van der Waals surface area contributed by atoms with Crippen LogP contribution in [0.25, 0.3) is 11.0 Å². The number of aromatic nitrogens is 3. The van der Waals surface area contributed by atoms with Gasteiger partial charge in [0.25, 0.3) is 0 Å². The van der Waals surface area contributed by atoms with Gasteiger partial charge in [0.1, 0.15) is 18.4 Å². The Morgan fingerprint density at radius 1 is 1.34 bits per heavy atom. The maximum absolute atomic E-state index is 14.6. The summed E-state index contributed by atoms with van der Waals surface area (Å²) in [4.78, 5) is 25.3. The highest BCUT2D eigenvalue weighted by atomic mass is 19.1. The number of nitrogens with zero attached hydrogens (tertiary/aromatic N) is 3. The molecular formula is C21H24FN5O2. The van der Waals surface area contributed by atoms with Crippen molar-refractivity contribution in [1.82, 2.24) is 19.9 Å². The molecule has 0 saturated carbocycles.